The molecule has 3 aromatic rings. The first-order valence-corrected chi connectivity index (χ1v) is 11.1. The molecule has 0 saturated heterocycles. The first-order chi connectivity index (χ1) is 14.6. The molecular weight excluding hydrogens is 420 g/mol. The zero-order chi connectivity index (χ0) is 20.9. The summed E-state index contributed by atoms with van der Waals surface area (Å²) >= 11 is 7.66. The minimum atomic E-state index is -0.152. The number of benzene rings is 2. The predicted molar refractivity (Wildman–Crippen MR) is 119 cm³/mol. The monoisotopic (exact) mass is 440 g/mol. The third kappa shape index (κ3) is 5.04. The third-order valence-electron chi connectivity index (χ3n) is 4.78. The Morgan fingerprint density at radius 3 is 2.53 bits per heavy atom. The Kier molecular flexibility index (Phi) is 6.40. The fourth-order valence-electron chi connectivity index (χ4n) is 3.27. The molecule has 4 rings (SSSR count). The molecule has 30 heavy (non-hydrogen) atoms. The molecule has 2 amide bonds. The van der Waals surface area contributed by atoms with E-state index in [0.29, 0.717) is 17.4 Å². The molecule has 8 heteroatoms. The fourth-order valence-corrected chi connectivity index (χ4v) is 4.43. The lowest BCUT2D eigenvalue weighted by Crippen LogP contribution is -2.29. The fraction of sp³-hybridized carbons (Fsp3) is 0.227. The van der Waals surface area contributed by atoms with Crippen LogP contribution in [-0.4, -0.2) is 21.6 Å². The van der Waals surface area contributed by atoms with Crippen LogP contribution in [0.3, 0.4) is 0 Å². The van der Waals surface area contributed by atoms with Crippen LogP contribution >= 0.6 is 23.4 Å². The highest BCUT2D eigenvalue weighted by atomic mass is 35.5. The zero-order valence-corrected chi connectivity index (χ0v) is 17.8. The average molecular weight is 441 g/mol. The van der Waals surface area contributed by atoms with Crippen molar-refractivity contribution in [3.63, 3.8) is 0 Å². The van der Waals surface area contributed by atoms with Gasteiger partial charge in [-0.1, -0.05) is 54.1 Å². The molecular formula is C22H21ClN4O2S. The van der Waals surface area contributed by atoms with Crippen LogP contribution < -0.4 is 10.6 Å². The van der Waals surface area contributed by atoms with E-state index in [4.69, 9.17) is 11.6 Å². The number of hydrogen-bond donors (Lipinski definition) is 2. The number of fused-ring (bicyclic) bond motifs is 1. The average Bonchev–Trinajstić information content (AvgIpc) is 3.32. The smallest absolute Gasteiger partial charge is 0.242 e. The van der Waals surface area contributed by atoms with Crippen molar-refractivity contribution in [1.29, 1.82) is 0 Å². The van der Waals surface area contributed by atoms with Crippen LogP contribution in [-0.2, 0) is 40.6 Å². The van der Waals surface area contributed by atoms with E-state index in [-0.39, 0.29) is 24.8 Å². The van der Waals surface area contributed by atoms with Crippen molar-refractivity contribution in [3.05, 3.63) is 82.0 Å². The number of hydrogen-bond acceptors (Lipinski definition) is 4. The van der Waals surface area contributed by atoms with E-state index in [2.05, 4.69) is 15.7 Å². The van der Waals surface area contributed by atoms with Gasteiger partial charge in [0.15, 0.2) is 0 Å². The number of nitrogens with zero attached hydrogens (tertiary/aromatic N) is 2. The molecule has 2 N–H and O–H groups in total. The van der Waals surface area contributed by atoms with Crippen molar-refractivity contribution >= 4 is 41.0 Å². The minimum absolute atomic E-state index is 0.0566. The van der Waals surface area contributed by atoms with Gasteiger partial charge in [-0.05, 0) is 23.3 Å². The minimum Gasteiger partial charge on any atom is -0.350 e. The van der Waals surface area contributed by atoms with Gasteiger partial charge in [0.2, 0.25) is 11.8 Å². The van der Waals surface area contributed by atoms with Gasteiger partial charge in [-0.25, -0.2) is 4.68 Å². The maximum Gasteiger partial charge on any atom is 0.242 e. The summed E-state index contributed by atoms with van der Waals surface area (Å²) < 4.78 is 1.60. The second-order valence-electron chi connectivity index (χ2n) is 7.04. The number of rotatable bonds is 7. The van der Waals surface area contributed by atoms with Gasteiger partial charge in [0, 0.05) is 28.6 Å². The molecule has 1 aliphatic rings. The van der Waals surface area contributed by atoms with Crippen molar-refractivity contribution in [1.82, 2.24) is 15.1 Å². The van der Waals surface area contributed by atoms with E-state index >= 15 is 0 Å². The third-order valence-corrected chi connectivity index (χ3v) is 6.00. The Labute approximate surface area is 184 Å². The number of nitrogens with one attached hydrogen (secondary N) is 2. The van der Waals surface area contributed by atoms with Gasteiger partial charge >= 0.3 is 0 Å². The summed E-state index contributed by atoms with van der Waals surface area (Å²) in [6.07, 6.45) is 0.227. The number of carbonyl (C=O) groups excluding carboxylic acids is 2. The molecule has 0 fully saturated rings. The maximum absolute atomic E-state index is 12.6. The van der Waals surface area contributed by atoms with Crippen molar-refractivity contribution in [2.45, 2.75) is 31.0 Å². The summed E-state index contributed by atoms with van der Waals surface area (Å²) in [4.78, 5) is 25.1. The second kappa shape index (κ2) is 9.36. The molecule has 0 radical (unpaired) electrons. The maximum atomic E-state index is 12.6. The normalized spacial score (nSPS) is 12.4. The largest absolute Gasteiger partial charge is 0.350 e. The molecule has 1 aliphatic heterocycles. The summed E-state index contributed by atoms with van der Waals surface area (Å²) in [5.41, 5.74) is 3.83. The molecule has 0 unspecified atom stereocenters. The predicted octanol–water partition coefficient (Wildman–Crippen LogP) is 3.78. The number of amides is 2. The Bertz CT molecular complexity index is 1050. The number of carbonyl (C=O) groups is 2. The van der Waals surface area contributed by atoms with Gasteiger partial charge in [0.05, 0.1) is 12.1 Å². The molecule has 2 aromatic carbocycles. The Balaban J connectivity index is 1.43. The second-order valence-corrected chi connectivity index (χ2v) is 8.46. The van der Waals surface area contributed by atoms with Crippen LogP contribution in [0.5, 0.6) is 0 Å². The van der Waals surface area contributed by atoms with Crippen LogP contribution in [0.1, 0.15) is 22.4 Å². The van der Waals surface area contributed by atoms with Gasteiger partial charge in [0.25, 0.3) is 0 Å². The summed E-state index contributed by atoms with van der Waals surface area (Å²) in [5.74, 6) is 1.87. The molecule has 1 aromatic heterocycles. The summed E-state index contributed by atoms with van der Waals surface area (Å²) in [7, 11) is 0. The van der Waals surface area contributed by atoms with Gasteiger partial charge < -0.3 is 10.6 Å². The Hall–Kier alpha value is -2.77. The molecule has 0 spiro atoms. The summed E-state index contributed by atoms with van der Waals surface area (Å²) in [5, 5.41) is 11.1. The summed E-state index contributed by atoms with van der Waals surface area (Å²) in [6.45, 7) is 0.510. The van der Waals surface area contributed by atoms with Crippen LogP contribution in [0.4, 0.5) is 5.82 Å². The first kappa shape index (κ1) is 20.5. The highest BCUT2D eigenvalue weighted by molar-refractivity contribution is 7.98. The standard InChI is InChI=1S/C22H21ClN4O2S/c23-17-8-6-15(7-9-17)10-20(28)25-22-18-13-30-14-19(18)26-27(22)12-21(29)24-11-16-4-2-1-3-5-16/h1-9H,10-14H2,(H,24,29)(H,25,28). The molecule has 6 nitrogen and oxygen atoms in total. The molecule has 0 bridgehead atoms. The lowest BCUT2D eigenvalue weighted by molar-refractivity contribution is -0.122. The van der Waals surface area contributed by atoms with Gasteiger partial charge in [-0.3, -0.25) is 9.59 Å². The van der Waals surface area contributed by atoms with Crippen LogP contribution in [0.25, 0.3) is 0 Å². The zero-order valence-electron chi connectivity index (χ0n) is 16.2. The lowest BCUT2D eigenvalue weighted by Gasteiger charge is -2.11. The van der Waals surface area contributed by atoms with E-state index in [1.54, 1.807) is 28.6 Å². The van der Waals surface area contributed by atoms with Gasteiger partial charge in [-0.2, -0.15) is 16.9 Å². The van der Waals surface area contributed by atoms with Crippen molar-refractivity contribution in [2.75, 3.05) is 5.32 Å². The molecule has 0 atom stereocenters. The molecule has 2 heterocycles. The van der Waals surface area contributed by atoms with Crippen molar-refractivity contribution in [2.24, 2.45) is 0 Å². The van der Waals surface area contributed by atoms with Crippen LogP contribution in [0, 0.1) is 0 Å². The number of anilines is 1. The van der Waals surface area contributed by atoms with Crippen molar-refractivity contribution in [3.8, 4) is 0 Å². The number of thioether (sulfide) groups is 1. The highest BCUT2D eigenvalue weighted by Crippen LogP contribution is 2.34. The Morgan fingerprint density at radius 2 is 1.77 bits per heavy atom. The van der Waals surface area contributed by atoms with Crippen molar-refractivity contribution < 1.29 is 9.59 Å². The van der Waals surface area contributed by atoms with E-state index in [1.165, 1.54) is 0 Å². The molecule has 0 saturated carbocycles. The lowest BCUT2D eigenvalue weighted by atomic mass is 10.1. The molecule has 154 valence electrons. The quantitative estimate of drug-likeness (QED) is 0.586. The summed E-state index contributed by atoms with van der Waals surface area (Å²) in [6, 6.07) is 16.9. The SMILES string of the molecule is O=C(Cn1nc2c(c1NC(=O)Cc1ccc(Cl)cc1)CSC2)NCc1ccccc1. The van der Waals surface area contributed by atoms with E-state index < -0.39 is 0 Å². The van der Waals surface area contributed by atoms with Gasteiger partial charge in [0.1, 0.15) is 12.4 Å². The van der Waals surface area contributed by atoms with Crippen LogP contribution in [0.15, 0.2) is 54.6 Å². The van der Waals surface area contributed by atoms with E-state index in [0.717, 1.165) is 33.9 Å². The van der Waals surface area contributed by atoms with Gasteiger partial charge in [-0.15, -0.1) is 0 Å². The van der Waals surface area contributed by atoms with E-state index in [1.807, 2.05) is 42.5 Å². The van der Waals surface area contributed by atoms with E-state index in [9.17, 15) is 9.59 Å². The number of aromatic nitrogens is 2. The highest BCUT2D eigenvalue weighted by Gasteiger charge is 2.25. The van der Waals surface area contributed by atoms with Crippen LogP contribution in [0.2, 0.25) is 5.02 Å². The number of halogens is 1. The Morgan fingerprint density at radius 1 is 1.00 bits per heavy atom. The molecule has 0 aliphatic carbocycles. The first-order valence-electron chi connectivity index (χ1n) is 9.59. The topological polar surface area (TPSA) is 76.0 Å².